The number of halogens is 1. The third-order valence-corrected chi connectivity index (χ3v) is 8.82. The summed E-state index contributed by atoms with van der Waals surface area (Å²) in [5.74, 6) is -1.35. The van der Waals surface area contributed by atoms with Crippen LogP contribution >= 0.6 is 0 Å². The third-order valence-electron chi connectivity index (χ3n) is 8.82. The van der Waals surface area contributed by atoms with Gasteiger partial charge in [-0.1, -0.05) is 49.6 Å². The molecule has 1 saturated carbocycles. The molecule has 6 rings (SSSR count). The van der Waals surface area contributed by atoms with Crippen molar-refractivity contribution in [1.82, 2.24) is 14.8 Å². The highest BCUT2D eigenvalue weighted by molar-refractivity contribution is 5.87. The molecule has 220 valence electrons. The molecule has 3 unspecified atom stereocenters. The summed E-state index contributed by atoms with van der Waals surface area (Å²) in [6.07, 6.45) is 7.68. The van der Waals surface area contributed by atoms with Crippen molar-refractivity contribution in [3.05, 3.63) is 83.6 Å². The first-order chi connectivity index (χ1) is 20.3. The Bertz CT molecular complexity index is 1520. The van der Waals surface area contributed by atoms with Gasteiger partial charge in [0, 0.05) is 42.7 Å². The lowest BCUT2D eigenvalue weighted by atomic mass is 9.83. The molecule has 4 atom stereocenters. The van der Waals surface area contributed by atoms with Crippen LogP contribution in [0.4, 0.5) is 9.18 Å². The number of nitrogens with two attached hydrogens (primary N) is 1. The number of aromatic nitrogens is 1. The van der Waals surface area contributed by atoms with Gasteiger partial charge in [0.05, 0.1) is 12.1 Å². The van der Waals surface area contributed by atoms with E-state index in [2.05, 4.69) is 4.98 Å². The van der Waals surface area contributed by atoms with Crippen molar-refractivity contribution in [3.8, 4) is 0 Å². The van der Waals surface area contributed by atoms with Gasteiger partial charge in [0.15, 0.2) is 0 Å². The second-order valence-electron chi connectivity index (χ2n) is 11.5. The number of hydrogen-bond donors (Lipinski definition) is 2. The van der Waals surface area contributed by atoms with E-state index in [1.807, 2.05) is 30.3 Å². The van der Waals surface area contributed by atoms with Gasteiger partial charge in [-0.3, -0.25) is 14.5 Å². The highest BCUT2D eigenvalue weighted by Gasteiger charge is 2.56. The van der Waals surface area contributed by atoms with E-state index in [0.29, 0.717) is 5.52 Å². The number of nitrogens with one attached hydrogen (secondary N) is 1. The smallest absolute Gasteiger partial charge is 0.410 e. The fourth-order valence-corrected chi connectivity index (χ4v) is 6.84. The van der Waals surface area contributed by atoms with Crippen LogP contribution in [0, 0.1) is 11.7 Å². The second kappa shape index (κ2) is 11.6. The molecule has 2 amide bonds. The van der Waals surface area contributed by atoms with Crippen LogP contribution in [0.2, 0.25) is 0 Å². The lowest BCUT2D eigenvalue weighted by Gasteiger charge is -2.33. The van der Waals surface area contributed by atoms with Gasteiger partial charge < -0.3 is 25.1 Å². The van der Waals surface area contributed by atoms with E-state index in [9.17, 15) is 18.8 Å². The number of aromatic amines is 1. The van der Waals surface area contributed by atoms with Crippen LogP contribution in [0.15, 0.2) is 66.7 Å². The van der Waals surface area contributed by atoms with Gasteiger partial charge in [-0.2, -0.15) is 0 Å². The molecule has 3 aromatic rings. The second-order valence-corrected chi connectivity index (χ2v) is 11.5. The van der Waals surface area contributed by atoms with E-state index in [0.717, 1.165) is 48.6 Å². The predicted octanol–water partition coefficient (Wildman–Crippen LogP) is 4.93. The zero-order valence-corrected chi connectivity index (χ0v) is 23.5. The lowest BCUT2D eigenvalue weighted by Crippen LogP contribution is -2.51. The van der Waals surface area contributed by atoms with Gasteiger partial charge in [0.2, 0.25) is 5.91 Å². The molecule has 42 heavy (non-hydrogen) atoms. The average molecular weight is 575 g/mol. The van der Waals surface area contributed by atoms with Crippen LogP contribution in [0.3, 0.4) is 0 Å². The molecule has 1 aliphatic carbocycles. The van der Waals surface area contributed by atoms with Crippen LogP contribution in [0.1, 0.15) is 56.1 Å². The first-order valence-corrected chi connectivity index (χ1v) is 14.5. The summed E-state index contributed by atoms with van der Waals surface area (Å²) in [7, 11) is 0. The van der Waals surface area contributed by atoms with Crippen LogP contribution in [-0.2, 0) is 25.7 Å². The SMILES string of the molecule is CC(=O)OC1=CN(C(=O)C(N)C2CCCCC2)C2C1N(C(=O)OCc1ccccc1)C[C@H]2c1c[nH]c2cc(F)ccc12. The molecule has 1 aromatic heterocycles. The molecule has 2 aliphatic heterocycles. The highest BCUT2D eigenvalue weighted by atomic mass is 19.1. The van der Waals surface area contributed by atoms with Crippen molar-refractivity contribution in [1.29, 1.82) is 0 Å². The number of esters is 1. The standard InChI is InChI=1S/C32H35FN4O5/c1-19(38)42-27-17-36(31(39)28(34)21-10-6-3-7-11-21)29-25(24-15-35-26-14-22(33)12-13-23(24)26)16-37(30(27)29)32(40)41-18-20-8-4-2-5-9-20/h2,4-5,8-9,12-15,17,21,25,28-30,35H,3,6-7,10-11,16,18,34H2,1H3/t25-,28?,29?,30?/m0/s1. The van der Waals surface area contributed by atoms with Crippen molar-refractivity contribution in [2.45, 2.75) is 69.7 Å². The molecule has 0 spiro atoms. The van der Waals surface area contributed by atoms with Gasteiger partial charge in [0.1, 0.15) is 24.2 Å². The maximum absolute atomic E-state index is 14.1. The van der Waals surface area contributed by atoms with E-state index in [4.69, 9.17) is 15.2 Å². The van der Waals surface area contributed by atoms with Crippen molar-refractivity contribution < 1.29 is 28.2 Å². The summed E-state index contributed by atoms with van der Waals surface area (Å²) in [6, 6.07) is 11.7. The number of amides is 2. The Morgan fingerprint density at radius 2 is 1.86 bits per heavy atom. The van der Waals surface area contributed by atoms with E-state index < -0.39 is 36.1 Å². The Morgan fingerprint density at radius 3 is 2.60 bits per heavy atom. The number of carbonyl (C=O) groups excluding carboxylic acids is 3. The van der Waals surface area contributed by atoms with E-state index in [1.54, 1.807) is 17.2 Å². The molecule has 0 bridgehead atoms. The van der Waals surface area contributed by atoms with E-state index in [1.165, 1.54) is 30.2 Å². The van der Waals surface area contributed by atoms with Gasteiger partial charge in [-0.05, 0) is 48.1 Å². The molecule has 3 heterocycles. The first-order valence-electron chi connectivity index (χ1n) is 14.5. The minimum atomic E-state index is -0.768. The maximum atomic E-state index is 14.1. The Kier molecular flexibility index (Phi) is 7.72. The van der Waals surface area contributed by atoms with Crippen LogP contribution in [0.5, 0.6) is 0 Å². The molecule has 2 aromatic carbocycles. The average Bonchev–Trinajstić information content (AvgIpc) is 3.69. The molecular weight excluding hydrogens is 539 g/mol. The topological polar surface area (TPSA) is 118 Å². The molecule has 10 heteroatoms. The first kappa shape index (κ1) is 28.0. The molecule has 3 N–H and O–H groups in total. The number of fused-ring (bicyclic) bond motifs is 2. The molecule has 9 nitrogen and oxygen atoms in total. The van der Waals surface area contributed by atoms with Crippen molar-refractivity contribution in [2.75, 3.05) is 6.54 Å². The number of nitrogens with zero attached hydrogens (tertiary/aromatic N) is 2. The summed E-state index contributed by atoms with van der Waals surface area (Å²) in [5.41, 5.74) is 8.85. The summed E-state index contributed by atoms with van der Waals surface area (Å²) in [5, 5.41) is 0.782. The zero-order valence-electron chi connectivity index (χ0n) is 23.5. The molecule has 1 saturated heterocycles. The minimum Gasteiger partial charge on any atom is -0.445 e. The number of benzene rings is 2. The Balaban J connectivity index is 1.37. The number of carbonyl (C=O) groups is 3. The monoisotopic (exact) mass is 574 g/mol. The lowest BCUT2D eigenvalue weighted by molar-refractivity contribution is -0.137. The highest BCUT2D eigenvalue weighted by Crippen LogP contribution is 2.46. The normalized spacial score (nSPS) is 23.0. The van der Waals surface area contributed by atoms with Crippen molar-refractivity contribution in [3.63, 3.8) is 0 Å². The third kappa shape index (κ3) is 5.27. The number of ether oxygens (including phenoxy) is 2. The Hall–Kier alpha value is -4.18. The van der Waals surface area contributed by atoms with Crippen LogP contribution < -0.4 is 5.73 Å². The van der Waals surface area contributed by atoms with Crippen LogP contribution in [-0.4, -0.2) is 57.4 Å². The number of likely N-dealkylation sites (tertiary alicyclic amines) is 1. The van der Waals surface area contributed by atoms with E-state index >= 15 is 0 Å². The Labute approximate surface area is 243 Å². The number of hydrogen-bond acceptors (Lipinski definition) is 6. The van der Waals surface area contributed by atoms with Gasteiger partial charge >= 0.3 is 12.1 Å². The zero-order chi connectivity index (χ0) is 29.4. The van der Waals surface area contributed by atoms with Gasteiger partial charge in [-0.25, -0.2) is 9.18 Å². The summed E-state index contributed by atoms with van der Waals surface area (Å²) >= 11 is 0. The summed E-state index contributed by atoms with van der Waals surface area (Å²) in [6.45, 7) is 1.54. The summed E-state index contributed by atoms with van der Waals surface area (Å²) in [4.78, 5) is 46.1. The largest absolute Gasteiger partial charge is 0.445 e. The van der Waals surface area contributed by atoms with E-state index in [-0.39, 0.29) is 36.6 Å². The van der Waals surface area contributed by atoms with Crippen molar-refractivity contribution >= 4 is 28.9 Å². The molecule has 3 aliphatic rings. The molecular formula is C32H35FN4O5. The van der Waals surface area contributed by atoms with Crippen molar-refractivity contribution in [2.24, 2.45) is 11.7 Å². The molecule has 0 radical (unpaired) electrons. The number of rotatable bonds is 6. The maximum Gasteiger partial charge on any atom is 0.410 e. The van der Waals surface area contributed by atoms with Gasteiger partial charge in [0.25, 0.3) is 0 Å². The fraction of sp³-hybridized carbons (Fsp3) is 0.406. The summed E-state index contributed by atoms with van der Waals surface area (Å²) < 4.78 is 25.4. The Morgan fingerprint density at radius 1 is 1.10 bits per heavy atom. The predicted molar refractivity (Wildman–Crippen MR) is 153 cm³/mol. The fourth-order valence-electron chi connectivity index (χ4n) is 6.84. The van der Waals surface area contributed by atoms with Gasteiger partial charge in [-0.15, -0.1) is 0 Å². The minimum absolute atomic E-state index is 0.0544. The molecule has 2 fully saturated rings. The van der Waals surface area contributed by atoms with Crippen LogP contribution in [0.25, 0.3) is 10.9 Å². The quantitative estimate of drug-likeness (QED) is 0.403. The number of H-pyrrole nitrogens is 1.